The highest BCUT2D eigenvalue weighted by molar-refractivity contribution is 9.10. The number of ether oxygens (including phenoxy) is 1. The number of benzene rings is 2. The molecule has 100 valence electrons. The van der Waals surface area contributed by atoms with E-state index in [4.69, 9.17) is 4.74 Å². The molecule has 2 aromatic rings. The minimum atomic E-state index is 0.235. The summed E-state index contributed by atoms with van der Waals surface area (Å²) in [5.74, 6) is 1.68. The first kappa shape index (κ1) is 14.6. The minimum Gasteiger partial charge on any atom is -0.457 e. The molecule has 1 atom stereocenters. The quantitative estimate of drug-likeness (QED) is 0.773. The van der Waals surface area contributed by atoms with Gasteiger partial charge in [0.25, 0.3) is 0 Å². The zero-order valence-electron chi connectivity index (χ0n) is 10.8. The lowest BCUT2D eigenvalue weighted by atomic mass is 10.1. The molecule has 1 unspecified atom stereocenters. The predicted molar refractivity (Wildman–Crippen MR) is 85.8 cm³/mol. The highest BCUT2D eigenvalue weighted by Gasteiger charge is 2.11. The average Bonchev–Trinajstić information content (AvgIpc) is 2.41. The van der Waals surface area contributed by atoms with E-state index in [2.05, 4.69) is 50.2 Å². The van der Waals surface area contributed by atoms with Crippen molar-refractivity contribution in [3.05, 3.63) is 57.0 Å². The lowest BCUT2D eigenvalue weighted by molar-refractivity contribution is 0.466. The van der Waals surface area contributed by atoms with Crippen LogP contribution in [0.15, 0.2) is 51.4 Å². The van der Waals surface area contributed by atoms with Crippen LogP contribution in [0.25, 0.3) is 0 Å². The van der Waals surface area contributed by atoms with Crippen molar-refractivity contribution in [2.24, 2.45) is 0 Å². The van der Waals surface area contributed by atoms with E-state index in [9.17, 15) is 0 Å². The van der Waals surface area contributed by atoms with Crippen LogP contribution in [0.1, 0.15) is 18.5 Å². The first-order valence-corrected chi connectivity index (χ1v) is 7.59. The molecule has 19 heavy (non-hydrogen) atoms. The van der Waals surface area contributed by atoms with Crippen LogP contribution in [0.2, 0.25) is 0 Å². The van der Waals surface area contributed by atoms with Gasteiger partial charge < -0.3 is 10.1 Å². The van der Waals surface area contributed by atoms with Gasteiger partial charge in [-0.05, 0) is 50.4 Å². The fourth-order valence-electron chi connectivity index (χ4n) is 1.74. The first-order chi connectivity index (χ1) is 9.10. The van der Waals surface area contributed by atoms with E-state index in [1.807, 2.05) is 43.4 Å². The van der Waals surface area contributed by atoms with Crippen molar-refractivity contribution in [2.45, 2.75) is 13.0 Å². The second-order valence-corrected chi connectivity index (χ2v) is 6.08. The van der Waals surface area contributed by atoms with Crippen molar-refractivity contribution >= 4 is 31.9 Å². The Kier molecular flexibility index (Phi) is 5.02. The van der Waals surface area contributed by atoms with Gasteiger partial charge in [0, 0.05) is 20.6 Å². The van der Waals surface area contributed by atoms with E-state index < -0.39 is 0 Å². The maximum Gasteiger partial charge on any atom is 0.133 e. The third kappa shape index (κ3) is 3.81. The Balaban J connectivity index is 2.32. The van der Waals surface area contributed by atoms with E-state index in [1.54, 1.807) is 0 Å². The summed E-state index contributed by atoms with van der Waals surface area (Å²) in [5, 5.41) is 3.23. The molecule has 1 N–H and O–H groups in total. The molecule has 2 aromatic carbocycles. The molecule has 0 saturated carbocycles. The molecule has 0 aromatic heterocycles. The van der Waals surface area contributed by atoms with Crippen LogP contribution in [0.5, 0.6) is 11.5 Å². The van der Waals surface area contributed by atoms with Crippen LogP contribution in [0.3, 0.4) is 0 Å². The van der Waals surface area contributed by atoms with Crippen molar-refractivity contribution in [1.82, 2.24) is 5.32 Å². The maximum absolute atomic E-state index is 5.98. The molecule has 0 amide bonds. The summed E-state index contributed by atoms with van der Waals surface area (Å²) >= 11 is 6.90. The number of rotatable bonds is 4. The summed E-state index contributed by atoms with van der Waals surface area (Å²) in [6.07, 6.45) is 0. The standard InChI is InChI=1S/C15H15Br2NO/c1-10(18-2)14-8-5-12(17)9-15(14)19-13-6-3-11(16)4-7-13/h3-10,18H,1-2H3. The molecule has 2 rings (SSSR count). The smallest absolute Gasteiger partial charge is 0.133 e. The van der Waals surface area contributed by atoms with E-state index in [-0.39, 0.29) is 6.04 Å². The van der Waals surface area contributed by atoms with Gasteiger partial charge in [0.05, 0.1) is 0 Å². The lowest BCUT2D eigenvalue weighted by Gasteiger charge is -2.16. The summed E-state index contributed by atoms with van der Waals surface area (Å²) in [7, 11) is 1.94. The molecule has 2 nitrogen and oxygen atoms in total. The third-order valence-electron chi connectivity index (χ3n) is 2.92. The fraction of sp³-hybridized carbons (Fsp3) is 0.200. The van der Waals surface area contributed by atoms with Crippen molar-refractivity contribution in [3.8, 4) is 11.5 Å². The fourth-order valence-corrected chi connectivity index (χ4v) is 2.34. The second-order valence-electron chi connectivity index (χ2n) is 4.25. The van der Waals surface area contributed by atoms with Gasteiger partial charge in [-0.3, -0.25) is 0 Å². The summed E-state index contributed by atoms with van der Waals surface area (Å²) in [6, 6.07) is 14.1. The molecule has 0 saturated heterocycles. The highest BCUT2D eigenvalue weighted by atomic mass is 79.9. The molecule has 0 spiro atoms. The second kappa shape index (κ2) is 6.55. The summed E-state index contributed by atoms with van der Waals surface area (Å²) in [4.78, 5) is 0. The Morgan fingerprint density at radius 1 is 1.00 bits per heavy atom. The van der Waals surface area contributed by atoms with Crippen LogP contribution in [0.4, 0.5) is 0 Å². The average molecular weight is 385 g/mol. The van der Waals surface area contributed by atoms with Gasteiger partial charge in [-0.1, -0.05) is 37.9 Å². The summed E-state index contributed by atoms with van der Waals surface area (Å²) < 4.78 is 8.02. The van der Waals surface area contributed by atoms with Crippen LogP contribution >= 0.6 is 31.9 Å². The van der Waals surface area contributed by atoms with Crippen LogP contribution < -0.4 is 10.1 Å². The van der Waals surface area contributed by atoms with Crippen LogP contribution in [-0.4, -0.2) is 7.05 Å². The molecule has 0 fully saturated rings. The Morgan fingerprint density at radius 3 is 2.26 bits per heavy atom. The molecule has 0 bridgehead atoms. The van der Waals surface area contributed by atoms with Gasteiger partial charge in [-0.2, -0.15) is 0 Å². The molecular weight excluding hydrogens is 370 g/mol. The highest BCUT2D eigenvalue weighted by Crippen LogP contribution is 2.32. The predicted octanol–water partition coefficient (Wildman–Crippen LogP) is 5.28. The van der Waals surface area contributed by atoms with Crippen molar-refractivity contribution in [3.63, 3.8) is 0 Å². The Morgan fingerprint density at radius 2 is 1.63 bits per heavy atom. The molecule has 0 aliphatic rings. The molecule has 0 radical (unpaired) electrons. The SMILES string of the molecule is CNC(C)c1ccc(Br)cc1Oc1ccc(Br)cc1. The molecule has 0 heterocycles. The number of hydrogen-bond acceptors (Lipinski definition) is 2. The zero-order chi connectivity index (χ0) is 13.8. The first-order valence-electron chi connectivity index (χ1n) is 6.00. The zero-order valence-corrected chi connectivity index (χ0v) is 14.0. The Hall–Kier alpha value is -0.840. The molecule has 0 aliphatic carbocycles. The number of hydrogen-bond donors (Lipinski definition) is 1. The van der Waals surface area contributed by atoms with Gasteiger partial charge in [-0.15, -0.1) is 0 Å². The van der Waals surface area contributed by atoms with Crippen molar-refractivity contribution in [2.75, 3.05) is 7.05 Å². The molecule has 4 heteroatoms. The van der Waals surface area contributed by atoms with E-state index in [0.29, 0.717) is 0 Å². The number of nitrogens with one attached hydrogen (secondary N) is 1. The maximum atomic E-state index is 5.98. The van der Waals surface area contributed by atoms with Gasteiger partial charge in [-0.25, -0.2) is 0 Å². The van der Waals surface area contributed by atoms with E-state index in [0.717, 1.165) is 26.0 Å². The van der Waals surface area contributed by atoms with Gasteiger partial charge in [0.1, 0.15) is 11.5 Å². The molecular formula is C15H15Br2NO. The minimum absolute atomic E-state index is 0.235. The lowest BCUT2D eigenvalue weighted by Crippen LogP contribution is -2.13. The van der Waals surface area contributed by atoms with E-state index >= 15 is 0 Å². The number of halogens is 2. The third-order valence-corrected chi connectivity index (χ3v) is 3.94. The van der Waals surface area contributed by atoms with Crippen LogP contribution in [-0.2, 0) is 0 Å². The van der Waals surface area contributed by atoms with Crippen LogP contribution in [0, 0.1) is 0 Å². The van der Waals surface area contributed by atoms with Gasteiger partial charge in [0.15, 0.2) is 0 Å². The van der Waals surface area contributed by atoms with E-state index in [1.165, 1.54) is 0 Å². The Bertz CT molecular complexity index is 555. The topological polar surface area (TPSA) is 21.3 Å². The van der Waals surface area contributed by atoms with Crippen molar-refractivity contribution in [1.29, 1.82) is 0 Å². The van der Waals surface area contributed by atoms with Crippen molar-refractivity contribution < 1.29 is 4.74 Å². The molecule has 0 aliphatic heterocycles. The van der Waals surface area contributed by atoms with Gasteiger partial charge in [0.2, 0.25) is 0 Å². The largest absolute Gasteiger partial charge is 0.457 e. The summed E-state index contributed by atoms with van der Waals surface area (Å²) in [5.41, 5.74) is 1.13. The summed E-state index contributed by atoms with van der Waals surface area (Å²) in [6.45, 7) is 2.11. The monoisotopic (exact) mass is 383 g/mol. The normalized spacial score (nSPS) is 12.2. The van der Waals surface area contributed by atoms with Gasteiger partial charge >= 0.3 is 0 Å². The Labute approximate surface area is 130 Å².